The zero-order valence-electron chi connectivity index (χ0n) is 10.4. The van der Waals surface area contributed by atoms with E-state index in [1.54, 1.807) is 19.9 Å². The smallest absolute Gasteiger partial charge is 0.319 e. The Morgan fingerprint density at radius 2 is 2.06 bits per heavy atom. The Morgan fingerprint density at radius 3 is 2.61 bits per heavy atom. The number of anilines is 1. The molecule has 0 heterocycles. The summed E-state index contributed by atoms with van der Waals surface area (Å²) in [5.74, 6) is -0.521. The summed E-state index contributed by atoms with van der Waals surface area (Å²) >= 11 is 0. The molecule has 1 rings (SSSR count). The van der Waals surface area contributed by atoms with Crippen LogP contribution in [0.1, 0.15) is 13.8 Å². The lowest BCUT2D eigenvalue weighted by molar-refractivity contribution is 0.249. The van der Waals surface area contributed by atoms with Gasteiger partial charge in [0.2, 0.25) is 0 Å². The summed E-state index contributed by atoms with van der Waals surface area (Å²) in [4.78, 5) is 11.5. The summed E-state index contributed by atoms with van der Waals surface area (Å²) in [5, 5.41) is 12.3. The molecule has 1 aromatic carbocycles. The van der Waals surface area contributed by atoms with Gasteiger partial charge in [-0.25, -0.2) is 9.18 Å². The number of benzene rings is 1. The molecular weight excluding hydrogens is 235 g/mol. The van der Waals surface area contributed by atoms with Crippen molar-refractivity contribution in [1.82, 2.24) is 5.32 Å². The van der Waals surface area contributed by atoms with E-state index in [1.807, 2.05) is 0 Å². The standard InChI is InChI=1S/C12H17FN4O/c1-12(2,10(14)15)7-16-11(18)17-9-6-4-3-5-8(9)13/h3-6H,7H2,1-2H3,(H3,14,15)(H2,16,17,18). The second-order valence-electron chi connectivity index (χ2n) is 4.59. The number of amidine groups is 1. The normalized spacial score (nSPS) is 10.8. The molecule has 5 N–H and O–H groups in total. The molecule has 0 spiro atoms. The number of carbonyl (C=O) groups excluding carboxylic acids is 1. The van der Waals surface area contributed by atoms with Crippen LogP contribution in [-0.2, 0) is 0 Å². The molecule has 0 bridgehead atoms. The van der Waals surface area contributed by atoms with Crippen molar-refractivity contribution in [2.45, 2.75) is 13.8 Å². The first kappa shape index (κ1) is 14.0. The van der Waals surface area contributed by atoms with Gasteiger partial charge in [-0.3, -0.25) is 5.41 Å². The lowest BCUT2D eigenvalue weighted by atomic mass is 9.92. The van der Waals surface area contributed by atoms with E-state index in [-0.39, 0.29) is 18.1 Å². The van der Waals surface area contributed by atoms with Gasteiger partial charge in [0.05, 0.1) is 11.5 Å². The van der Waals surface area contributed by atoms with Crippen LogP contribution < -0.4 is 16.4 Å². The first-order chi connectivity index (χ1) is 8.33. The number of nitrogens with one attached hydrogen (secondary N) is 3. The van der Waals surface area contributed by atoms with Crippen molar-refractivity contribution in [1.29, 1.82) is 5.41 Å². The van der Waals surface area contributed by atoms with Crippen molar-refractivity contribution in [3.05, 3.63) is 30.1 Å². The Balaban J connectivity index is 2.54. The monoisotopic (exact) mass is 252 g/mol. The molecule has 98 valence electrons. The van der Waals surface area contributed by atoms with Crippen LogP contribution in [0.2, 0.25) is 0 Å². The molecule has 5 nitrogen and oxygen atoms in total. The number of nitrogens with two attached hydrogens (primary N) is 1. The van der Waals surface area contributed by atoms with E-state index in [4.69, 9.17) is 11.1 Å². The van der Waals surface area contributed by atoms with Gasteiger partial charge in [-0.1, -0.05) is 26.0 Å². The average molecular weight is 252 g/mol. The first-order valence-corrected chi connectivity index (χ1v) is 5.47. The quantitative estimate of drug-likeness (QED) is 0.487. The highest BCUT2D eigenvalue weighted by Gasteiger charge is 2.22. The Labute approximate surface area is 105 Å². The maximum absolute atomic E-state index is 13.3. The van der Waals surface area contributed by atoms with Gasteiger partial charge >= 0.3 is 6.03 Å². The van der Waals surface area contributed by atoms with E-state index in [0.29, 0.717) is 0 Å². The first-order valence-electron chi connectivity index (χ1n) is 5.47. The topological polar surface area (TPSA) is 91.0 Å². The number of amides is 2. The summed E-state index contributed by atoms with van der Waals surface area (Å²) < 4.78 is 13.3. The van der Waals surface area contributed by atoms with E-state index in [0.717, 1.165) is 0 Å². The number of para-hydroxylation sites is 1. The van der Waals surface area contributed by atoms with Crippen LogP contribution in [-0.4, -0.2) is 18.4 Å². The zero-order chi connectivity index (χ0) is 13.8. The molecule has 0 fully saturated rings. The lowest BCUT2D eigenvalue weighted by Gasteiger charge is -2.23. The van der Waals surface area contributed by atoms with Crippen LogP contribution in [0.3, 0.4) is 0 Å². The molecule has 1 aromatic rings. The Hall–Kier alpha value is -2.11. The van der Waals surface area contributed by atoms with Gasteiger partial charge in [-0.15, -0.1) is 0 Å². The molecule has 0 saturated carbocycles. The highest BCUT2D eigenvalue weighted by molar-refractivity contribution is 5.90. The van der Waals surface area contributed by atoms with Crippen molar-refractivity contribution < 1.29 is 9.18 Å². The Morgan fingerprint density at radius 1 is 1.44 bits per heavy atom. The van der Waals surface area contributed by atoms with Crippen molar-refractivity contribution in [3.8, 4) is 0 Å². The average Bonchev–Trinajstić information content (AvgIpc) is 2.29. The fourth-order valence-corrected chi connectivity index (χ4v) is 1.13. The van der Waals surface area contributed by atoms with Crippen LogP contribution in [0.25, 0.3) is 0 Å². The second kappa shape index (κ2) is 5.48. The van der Waals surface area contributed by atoms with E-state index in [1.165, 1.54) is 18.2 Å². The highest BCUT2D eigenvalue weighted by Crippen LogP contribution is 2.14. The van der Waals surface area contributed by atoms with Crippen molar-refractivity contribution in [2.75, 3.05) is 11.9 Å². The summed E-state index contributed by atoms with van der Waals surface area (Å²) in [6.07, 6.45) is 0. The molecule has 0 aliphatic heterocycles. The third-order valence-electron chi connectivity index (χ3n) is 2.54. The number of urea groups is 1. The third-order valence-corrected chi connectivity index (χ3v) is 2.54. The molecule has 0 saturated heterocycles. The number of halogens is 1. The Bertz CT molecular complexity index is 459. The minimum atomic E-state index is -0.632. The molecule has 2 amide bonds. The number of hydrogen-bond acceptors (Lipinski definition) is 2. The summed E-state index contributed by atoms with van der Waals surface area (Å²) in [6, 6.07) is 5.35. The van der Waals surface area contributed by atoms with E-state index in [2.05, 4.69) is 10.6 Å². The molecule has 0 aliphatic carbocycles. The van der Waals surface area contributed by atoms with Gasteiger partial charge in [0.15, 0.2) is 0 Å². The molecule has 0 aliphatic rings. The van der Waals surface area contributed by atoms with Gasteiger partial charge in [-0.05, 0) is 12.1 Å². The van der Waals surface area contributed by atoms with Crippen molar-refractivity contribution >= 4 is 17.6 Å². The van der Waals surface area contributed by atoms with Gasteiger partial charge in [0.1, 0.15) is 5.82 Å². The van der Waals surface area contributed by atoms with Crippen LogP contribution in [0.15, 0.2) is 24.3 Å². The lowest BCUT2D eigenvalue weighted by Crippen LogP contribution is -2.43. The SMILES string of the molecule is CC(C)(CNC(=O)Nc1ccccc1F)C(=N)N. The number of rotatable bonds is 4. The molecule has 0 radical (unpaired) electrons. The summed E-state index contributed by atoms with van der Waals surface area (Å²) in [7, 11) is 0. The van der Waals surface area contributed by atoms with E-state index < -0.39 is 17.3 Å². The Kier molecular flexibility index (Phi) is 4.25. The summed E-state index contributed by atoms with van der Waals surface area (Å²) in [6.45, 7) is 3.67. The maximum atomic E-state index is 13.3. The van der Waals surface area contributed by atoms with Crippen LogP contribution in [0.5, 0.6) is 0 Å². The highest BCUT2D eigenvalue weighted by atomic mass is 19.1. The third kappa shape index (κ3) is 3.73. The van der Waals surface area contributed by atoms with Crippen LogP contribution >= 0.6 is 0 Å². The van der Waals surface area contributed by atoms with Gasteiger partial charge in [0.25, 0.3) is 0 Å². The van der Waals surface area contributed by atoms with Crippen molar-refractivity contribution in [3.63, 3.8) is 0 Å². The largest absolute Gasteiger partial charge is 0.387 e. The molecule has 0 atom stereocenters. The predicted octanol–water partition coefficient (Wildman–Crippen LogP) is 1.91. The van der Waals surface area contributed by atoms with E-state index >= 15 is 0 Å². The molecule has 6 heteroatoms. The zero-order valence-corrected chi connectivity index (χ0v) is 10.4. The van der Waals surface area contributed by atoms with Crippen molar-refractivity contribution in [2.24, 2.45) is 11.1 Å². The minimum absolute atomic E-state index is 0.0197. The molecule has 18 heavy (non-hydrogen) atoms. The fourth-order valence-electron chi connectivity index (χ4n) is 1.13. The second-order valence-corrected chi connectivity index (χ2v) is 4.59. The number of carbonyl (C=O) groups is 1. The van der Waals surface area contributed by atoms with E-state index in [9.17, 15) is 9.18 Å². The molecule has 0 aromatic heterocycles. The maximum Gasteiger partial charge on any atom is 0.319 e. The van der Waals surface area contributed by atoms with Crippen LogP contribution in [0.4, 0.5) is 14.9 Å². The predicted molar refractivity (Wildman–Crippen MR) is 69.1 cm³/mol. The molecule has 0 unspecified atom stereocenters. The van der Waals surface area contributed by atoms with Gasteiger partial charge < -0.3 is 16.4 Å². The summed E-state index contributed by atoms with van der Waals surface area (Å²) in [5.41, 5.74) is 4.86. The molecular formula is C12H17FN4O. The minimum Gasteiger partial charge on any atom is -0.387 e. The fraction of sp³-hybridized carbons (Fsp3) is 0.333. The van der Waals surface area contributed by atoms with Gasteiger partial charge in [0, 0.05) is 12.0 Å². The van der Waals surface area contributed by atoms with Crippen LogP contribution in [0, 0.1) is 16.6 Å². The van der Waals surface area contributed by atoms with Gasteiger partial charge in [-0.2, -0.15) is 0 Å². The number of hydrogen-bond donors (Lipinski definition) is 4.